The van der Waals surface area contributed by atoms with E-state index in [0.29, 0.717) is 17.3 Å². The van der Waals surface area contributed by atoms with Gasteiger partial charge in [0.2, 0.25) is 0 Å². The molecule has 27 heavy (non-hydrogen) atoms. The molecule has 3 N–H and O–H groups in total. The Hall–Kier alpha value is -3.32. The van der Waals surface area contributed by atoms with Gasteiger partial charge in [-0.3, -0.25) is 14.7 Å². The molecule has 0 spiro atoms. The van der Waals surface area contributed by atoms with Crippen molar-refractivity contribution < 1.29 is 14.3 Å². The highest BCUT2D eigenvalue weighted by Gasteiger charge is 2.16. The molecule has 0 saturated heterocycles. The van der Waals surface area contributed by atoms with Crippen LogP contribution in [0.2, 0.25) is 5.02 Å². The highest BCUT2D eigenvalue weighted by atomic mass is 35.5. The number of hydrogen-bond acceptors (Lipinski definition) is 4. The summed E-state index contributed by atoms with van der Waals surface area (Å²) in [5.41, 5.74) is 1.41. The largest absolute Gasteiger partial charge is 0.496 e. The number of H-pyrrole nitrogens is 1. The Morgan fingerprint density at radius 3 is 2.63 bits per heavy atom. The zero-order chi connectivity index (χ0) is 19.2. The highest BCUT2D eigenvalue weighted by molar-refractivity contribution is 6.31. The minimum absolute atomic E-state index is 0.166. The summed E-state index contributed by atoms with van der Waals surface area (Å²) in [4.78, 5) is 24.6. The van der Waals surface area contributed by atoms with Crippen LogP contribution in [0.25, 0.3) is 0 Å². The van der Waals surface area contributed by atoms with Crippen LogP contribution in [0.15, 0.2) is 54.6 Å². The molecule has 0 aliphatic rings. The highest BCUT2D eigenvalue weighted by Crippen LogP contribution is 2.23. The van der Waals surface area contributed by atoms with Crippen LogP contribution in [0, 0.1) is 0 Å². The summed E-state index contributed by atoms with van der Waals surface area (Å²) in [5, 5.41) is 12.4. The van der Waals surface area contributed by atoms with Crippen molar-refractivity contribution in [3.63, 3.8) is 0 Å². The molecule has 0 unspecified atom stereocenters. The lowest BCUT2D eigenvalue weighted by atomic mass is 10.2. The third kappa shape index (κ3) is 4.65. The van der Waals surface area contributed by atoms with Crippen molar-refractivity contribution in [1.82, 2.24) is 15.5 Å². The molecule has 3 rings (SSSR count). The first-order valence-corrected chi connectivity index (χ1v) is 8.47. The fraction of sp³-hybridized carbons (Fsp3) is 0.105. The van der Waals surface area contributed by atoms with Gasteiger partial charge in [-0.1, -0.05) is 41.9 Å². The molecule has 3 aromatic rings. The summed E-state index contributed by atoms with van der Waals surface area (Å²) in [5.74, 6) is -0.116. The van der Waals surface area contributed by atoms with E-state index in [4.69, 9.17) is 16.3 Å². The van der Waals surface area contributed by atoms with Crippen molar-refractivity contribution in [2.75, 3.05) is 12.4 Å². The zero-order valence-electron chi connectivity index (χ0n) is 14.5. The van der Waals surface area contributed by atoms with Gasteiger partial charge in [-0.15, -0.1) is 0 Å². The van der Waals surface area contributed by atoms with E-state index < -0.39 is 5.91 Å². The van der Waals surface area contributed by atoms with Crippen LogP contribution in [0.3, 0.4) is 0 Å². The summed E-state index contributed by atoms with van der Waals surface area (Å²) in [6.07, 6.45) is 0. The van der Waals surface area contributed by atoms with Crippen LogP contribution in [0.1, 0.15) is 26.4 Å². The topological polar surface area (TPSA) is 96.1 Å². The molecule has 0 aliphatic carbocycles. The van der Waals surface area contributed by atoms with Gasteiger partial charge in [0.15, 0.2) is 5.69 Å². The van der Waals surface area contributed by atoms with E-state index in [1.165, 1.54) is 19.2 Å². The van der Waals surface area contributed by atoms with Gasteiger partial charge in [-0.05, 0) is 23.8 Å². The lowest BCUT2D eigenvalue weighted by Gasteiger charge is -2.08. The Morgan fingerprint density at radius 2 is 1.89 bits per heavy atom. The molecule has 0 fully saturated rings. The lowest BCUT2D eigenvalue weighted by molar-refractivity contribution is 0.0945. The number of nitrogens with one attached hydrogen (secondary N) is 3. The number of benzene rings is 2. The predicted molar refractivity (Wildman–Crippen MR) is 102 cm³/mol. The quantitative estimate of drug-likeness (QED) is 0.607. The van der Waals surface area contributed by atoms with Crippen molar-refractivity contribution in [3.8, 4) is 5.75 Å². The molecule has 0 bridgehead atoms. The fourth-order valence-corrected chi connectivity index (χ4v) is 2.59. The van der Waals surface area contributed by atoms with Gasteiger partial charge in [-0.2, -0.15) is 5.10 Å². The average molecular weight is 385 g/mol. The molecule has 138 valence electrons. The summed E-state index contributed by atoms with van der Waals surface area (Å²) in [7, 11) is 1.46. The number of amides is 2. The summed E-state index contributed by atoms with van der Waals surface area (Å²) in [6.45, 7) is 0.383. The molecule has 0 atom stereocenters. The monoisotopic (exact) mass is 384 g/mol. The van der Waals surface area contributed by atoms with Crippen molar-refractivity contribution in [1.29, 1.82) is 0 Å². The minimum atomic E-state index is -0.436. The molecule has 7 nitrogen and oxygen atoms in total. The second kappa shape index (κ2) is 8.37. The molecule has 2 aromatic carbocycles. The van der Waals surface area contributed by atoms with Crippen LogP contribution in [-0.2, 0) is 6.54 Å². The standard InChI is InChI=1S/C19H17ClN4O3/c1-27-16-8-7-13(20)9-14(16)18(25)22-17-10-15(23-24-17)19(26)21-11-12-5-3-2-4-6-12/h2-10H,11H2,1H3,(H,21,26)(H2,22,23,24,25). The zero-order valence-corrected chi connectivity index (χ0v) is 15.2. The molecule has 8 heteroatoms. The maximum Gasteiger partial charge on any atom is 0.272 e. The molecular weight excluding hydrogens is 368 g/mol. The van der Waals surface area contributed by atoms with Gasteiger partial charge in [0.1, 0.15) is 11.6 Å². The Morgan fingerprint density at radius 1 is 1.11 bits per heavy atom. The van der Waals surface area contributed by atoms with Crippen LogP contribution < -0.4 is 15.4 Å². The van der Waals surface area contributed by atoms with E-state index in [1.54, 1.807) is 12.1 Å². The first-order valence-electron chi connectivity index (χ1n) is 8.09. The number of ether oxygens (including phenoxy) is 1. The van der Waals surface area contributed by atoms with Crippen molar-refractivity contribution >= 4 is 29.2 Å². The van der Waals surface area contributed by atoms with E-state index in [0.717, 1.165) is 5.56 Å². The first kappa shape index (κ1) is 18.5. The number of rotatable bonds is 6. The third-order valence-electron chi connectivity index (χ3n) is 3.76. The Bertz CT molecular complexity index is 957. The van der Waals surface area contributed by atoms with Gasteiger partial charge in [0.05, 0.1) is 12.7 Å². The van der Waals surface area contributed by atoms with E-state index in [-0.39, 0.29) is 23.0 Å². The molecule has 0 radical (unpaired) electrons. The molecule has 1 aromatic heterocycles. The number of anilines is 1. The van der Waals surface area contributed by atoms with Gasteiger partial charge in [0, 0.05) is 17.6 Å². The molecule has 1 heterocycles. The number of methoxy groups -OCH3 is 1. The Balaban J connectivity index is 1.64. The average Bonchev–Trinajstić information content (AvgIpc) is 3.15. The van der Waals surface area contributed by atoms with Crippen LogP contribution >= 0.6 is 11.6 Å². The van der Waals surface area contributed by atoms with Crippen LogP contribution in [0.5, 0.6) is 5.75 Å². The maximum absolute atomic E-state index is 12.4. The number of carbonyl (C=O) groups is 2. The van der Waals surface area contributed by atoms with Crippen LogP contribution in [-0.4, -0.2) is 29.1 Å². The number of aromatic nitrogens is 2. The van der Waals surface area contributed by atoms with E-state index in [2.05, 4.69) is 20.8 Å². The van der Waals surface area contributed by atoms with Gasteiger partial charge in [-0.25, -0.2) is 0 Å². The number of aromatic amines is 1. The van der Waals surface area contributed by atoms with Gasteiger partial charge in [0.25, 0.3) is 11.8 Å². The Kier molecular flexibility index (Phi) is 5.73. The fourth-order valence-electron chi connectivity index (χ4n) is 2.42. The SMILES string of the molecule is COc1ccc(Cl)cc1C(=O)Nc1cc(C(=O)NCc2ccccc2)n[nH]1. The molecule has 0 aliphatic heterocycles. The van der Waals surface area contributed by atoms with Crippen LogP contribution in [0.4, 0.5) is 5.82 Å². The number of hydrogen-bond donors (Lipinski definition) is 3. The van der Waals surface area contributed by atoms with E-state index >= 15 is 0 Å². The Labute approximate surface area is 160 Å². The van der Waals surface area contributed by atoms with E-state index in [9.17, 15) is 9.59 Å². The van der Waals surface area contributed by atoms with Crippen molar-refractivity contribution in [3.05, 3.63) is 76.4 Å². The maximum atomic E-state index is 12.4. The van der Waals surface area contributed by atoms with E-state index in [1.807, 2.05) is 30.3 Å². The van der Waals surface area contributed by atoms with Crippen molar-refractivity contribution in [2.24, 2.45) is 0 Å². The smallest absolute Gasteiger partial charge is 0.272 e. The molecule has 0 saturated carbocycles. The second-order valence-corrected chi connectivity index (χ2v) is 6.07. The first-order chi connectivity index (χ1) is 13.1. The number of carbonyl (C=O) groups excluding carboxylic acids is 2. The number of halogens is 1. The second-order valence-electron chi connectivity index (χ2n) is 5.63. The third-order valence-corrected chi connectivity index (χ3v) is 4.00. The summed E-state index contributed by atoms with van der Waals surface area (Å²) in [6, 6.07) is 15.7. The molecular formula is C19H17ClN4O3. The molecule has 2 amide bonds. The van der Waals surface area contributed by atoms with Gasteiger partial charge < -0.3 is 15.4 Å². The number of nitrogens with zero attached hydrogens (tertiary/aromatic N) is 1. The van der Waals surface area contributed by atoms with Gasteiger partial charge >= 0.3 is 0 Å². The summed E-state index contributed by atoms with van der Waals surface area (Å²) < 4.78 is 5.17. The minimum Gasteiger partial charge on any atom is -0.496 e. The summed E-state index contributed by atoms with van der Waals surface area (Å²) >= 11 is 5.94. The predicted octanol–water partition coefficient (Wildman–Crippen LogP) is 3.25. The normalized spacial score (nSPS) is 10.3. The van der Waals surface area contributed by atoms with Crippen molar-refractivity contribution in [2.45, 2.75) is 6.54 Å². The lowest BCUT2D eigenvalue weighted by Crippen LogP contribution is -2.23.